The van der Waals surface area contributed by atoms with Gasteiger partial charge in [-0.15, -0.1) is 0 Å². The van der Waals surface area contributed by atoms with Crippen LogP contribution < -0.4 is 10.1 Å². The fourth-order valence-corrected chi connectivity index (χ4v) is 1.76. The highest BCUT2D eigenvalue weighted by atomic mass is 19.1. The lowest BCUT2D eigenvalue weighted by molar-refractivity contribution is 0.462. The molecule has 2 aromatic carbocycles. The lowest BCUT2D eigenvalue weighted by Gasteiger charge is -2.13. The van der Waals surface area contributed by atoms with Crippen molar-refractivity contribution >= 4 is 0 Å². The normalized spacial score (nSPS) is 10.8. The monoisotopic (exact) mass is 277 g/mol. The number of benzene rings is 2. The quantitative estimate of drug-likeness (QED) is 0.882. The van der Waals surface area contributed by atoms with Crippen molar-refractivity contribution < 1.29 is 13.5 Å². The molecule has 20 heavy (non-hydrogen) atoms. The minimum absolute atomic E-state index is 0.278. The highest BCUT2D eigenvalue weighted by Gasteiger charge is 2.08. The van der Waals surface area contributed by atoms with Crippen LogP contribution in [0.2, 0.25) is 0 Å². The molecule has 0 aliphatic rings. The molecule has 0 heterocycles. The lowest BCUT2D eigenvalue weighted by atomic mass is 10.2. The van der Waals surface area contributed by atoms with Gasteiger partial charge in [0, 0.05) is 24.2 Å². The SMILES string of the molecule is CC(C)NCc1cc(F)ccc1Oc1cccc(F)c1. The first-order valence-corrected chi connectivity index (χ1v) is 6.50. The molecule has 0 aliphatic carbocycles. The molecule has 2 rings (SSSR count). The average Bonchev–Trinajstić information content (AvgIpc) is 2.39. The molecule has 2 nitrogen and oxygen atoms in total. The van der Waals surface area contributed by atoms with E-state index in [4.69, 9.17) is 4.74 Å². The van der Waals surface area contributed by atoms with Gasteiger partial charge in [-0.1, -0.05) is 19.9 Å². The maximum atomic E-state index is 13.3. The van der Waals surface area contributed by atoms with Crippen molar-refractivity contribution in [2.75, 3.05) is 0 Å². The van der Waals surface area contributed by atoms with Gasteiger partial charge in [0.1, 0.15) is 23.1 Å². The van der Waals surface area contributed by atoms with Gasteiger partial charge in [0.25, 0.3) is 0 Å². The molecule has 0 aromatic heterocycles. The van der Waals surface area contributed by atoms with Crippen LogP contribution in [-0.2, 0) is 6.54 Å². The van der Waals surface area contributed by atoms with E-state index in [0.29, 0.717) is 23.6 Å². The molecule has 106 valence electrons. The number of hydrogen-bond donors (Lipinski definition) is 1. The van der Waals surface area contributed by atoms with E-state index in [1.807, 2.05) is 13.8 Å². The van der Waals surface area contributed by atoms with Crippen molar-refractivity contribution in [1.82, 2.24) is 5.32 Å². The van der Waals surface area contributed by atoms with Crippen molar-refractivity contribution in [1.29, 1.82) is 0 Å². The fourth-order valence-electron chi connectivity index (χ4n) is 1.76. The molecule has 0 saturated carbocycles. The summed E-state index contributed by atoms with van der Waals surface area (Å²) in [7, 11) is 0. The van der Waals surface area contributed by atoms with Gasteiger partial charge in [-0.3, -0.25) is 0 Å². The standard InChI is InChI=1S/C16H17F2NO/c1-11(2)19-10-12-8-14(18)6-7-16(12)20-15-5-3-4-13(17)9-15/h3-9,11,19H,10H2,1-2H3. The van der Waals surface area contributed by atoms with Gasteiger partial charge < -0.3 is 10.1 Å². The number of halogens is 2. The topological polar surface area (TPSA) is 21.3 Å². The van der Waals surface area contributed by atoms with Gasteiger partial charge in [0.2, 0.25) is 0 Å². The molecule has 0 atom stereocenters. The molecule has 0 aliphatic heterocycles. The summed E-state index contributed by atoms with van der Waals surface area (Å²) in [5.41, 5.74) is 0.697. The van der Waals surface area contributed by atoms with Crippen LogP contribution in [0, 0.1) is 11.6 Å². The first kappa shape index (κ1) is 14.5. The summed E-state index contributed by atoms with van der Waals surface area (Å²) in [4.78, 5) is 0. The van der Waals surface area contributed by atoms with Gasteiger partial charge in [-0.2, -0.15) is 0 Å². The molecular formula is C16H17F2NO. The summed E-state index contributed by atoms with van der Waals surface area (Å²) in [6, 6.07) is 10.4. The van der Waals surface area contributed by atoms with Gasteiger partial charge in [0.15, 0.2) is 0 Å². The minimum Gasteiger partial charge on any atom is -0.457 e. The number of ether oxygens (including phenoxy) is 1. The number of rotatable bonds is 5. The van der Waals surface area contributed by atoms with E-state index in [1.165, 1.54) is 24.3 Å². The zero-order valence-corrected chi connectivity index (χ0v) is 11.5. The van der Waals surface area contributed by atoms with E-state index in [1.54, 1.807) is 18.2 Å². The summed E-state index contributed by atoms with van der Waals surface area (Å²) in [6.45, 7) is 4.50. The molecule has 0 spiro atoms. The van der Waals surface area contributed by atoms with Crippen molar-refractivity contribution in [2.45, 2.75) is 26.4 Å². The van der Waals surface area contributed by atoms with E-state index < -0.39 is 0 Å². The van der Waals surface area contributed by atoms with Gasteiger partial charge >= 0.3 is 0 Å². The van der Waals surface area contributed by atoms with Crippen LogP contribution in [0.25, 0.3) is 0 Å². The van der Waals surface area contributed by atoms with Crippen molar-refractivity contribution in [3.05, 3.63) is 59.7 Å². The largest absolute Gasteiger partial charge is 0.457 e. The number of hydrogen-bond acceptors (Lipinski definition) is 2. The summed E-state index contributed by atoms with van der Waals surface area (Å²) >= 11 is 0. The molecule has 0 unspecified atom stereocenters. The maximum Gasteiger partial charge on any atom is 0.132 e. The average molecular weight is 277 g/mol. The van der Waals surface area contributed by atoms with E-state index in [0.717, 1.165) is 0 Å². The molecule has 2 aromatic rings. The molecular weight excluding hydrogens is 260 g/mol. The van der Waals surface area contributed by atoms with E-state index in [2.05, 4.69) is 5.32 Å². The maximum absolute atomic E-state index is 13.3. The Hall–Kier alpha value is -1.94. The summed E-state index contributed by atoms with van der Waals surface area (Å²) in [5, 5.41) is 3.21. The zero-order chi connectivity index (χ0) is 14.5. The fraction of sp³-hybridized carbons (Fsp3) is 0.250. The Morgan fingerprint density at radius 1 is 1.05 bits per heavy atom. The zero-order valence-electron chi connectivity index (χ0n) is 11.5. The summed E-state index contributed by atoms with van der Waals surface area (Å²) in [6.07, 6.45) is 0. The van der Waals surface area contributed by atoms with E-state index >= 15 is 0 Å². The predicted octanol–water partition coefficient (Wildman–Crippen LogP) is 4.26. The van der Waals surface area contributed by atoms with Gasteiger partial charge in [0.05, 0.1) is 0 Å². The third-order valence-corrected chi connectivity index (χ3v) is 2.75. The Bertz CT molecular complexity index is 584. The smallest absolute Gasteiger partial charge is 0.132 e. The van der Waals surface area contributed by atoms with Crippen LogP contribution in [0.15, 0.2) is 42.5 Å². The highest BCUT2D eigenvalue weighted by Crippen LogP contribution is 2.26. The second kappa shape index (κ2) is 6.48. The van der Waals surface area contributed by atoms with Gasteiger partial charge in [-0.25, -0.2) is 8.78 Å². The van der Waals surface area contributed by atoms with Crippen LogP contribution >= 0.6 is 0 Å². The third-order valence-electron chi connectivity index (χ3n) is 2.75. The molecule has 0 saturated heterocycles. The van der Waals surface area contributed by atoms with Crippen molar-refractivity contribution in [2.24, 2.45) is 0 Å². The van der Waals surface area contributed by atoms with Gasteiger partial charge in [-0.05, 0) is 30.3 Å². The Balaban J connectivity index is 2.21. The lowest BCUT2D eigenvalue weighted by Crippen LogP contribution is -2.22. The molecule has 0 amide bonds. The molecule has 0 radical (unpaired) electrons. The molecule has 0 fully saturated rings. The molecule has 4 heteroatoms. The first-order chi connectivity index (χ1) is 9.54. The van der Waals surface area contributed by atoms with E-state index in [-0.39, 0.29) is 17.7 Å². The summed E-state index contributed by atoms with van der Waals surface area (Å²) < 4.78 is 32.1. The van der Waals surface area contributed by atoms with Crippen molar-refractivity contribution in [3.8, 4) is 11.5 Å². The minimum atomic E-state index is -0.369. The summed E-state index contributed by atoms with van der Waals surface area (Å²) in [5.74, 6) is 0.219. The Morgan fingerprint density at radius 3 is 2.50 bits per heavy atom. The molecule has 1 N–H and O–H groups in total. The van der Waals surface area contributed by atoms with Crippen LogP contribution in [-0.4, -0.2) is 6.04 Å². The predicted molar refractivity (Wildman–Crippen MR) is 74.8 cm³/mol. The van der Waals surface area contributed by atoms with Crippen LogP contribution in [0.5, 0.6) is 11.5 Å². The number of nitrogens with one attached hydrogen (secondary N) is 1. The highest BCUT2D eigenvalue weighted by molar-refractivity contribution is 5.38. The van der Waals surface area contributed by atoms with Crippen molar-refractivity contribution in [3.63, 3.8) is 0 Å². The Kier molecular flexibility index (Phi) is 4.69. The second-order valence-corrected chi connectivity index (χ2v) is 4.85. The van der Waals surface area contributed by atoms with Crippen LogP contribution in [0.3, 0.4) is 0 Å². The Labute approximate surface area is 117 Å². The second-order valence-electron chi connectivity index (χ2n) is 4.85. The Morgan fingerprint density at radius 2 is 1.80 bits per heavy atom. The third kappa shape index (κ3) is 4.03. The van der Waals surface area contributed by atoms with E-state index in [9.17, 15) is 8.78 Å². The molecule has 0 bridgehead atoms. The van der Waals surface area contributed by atoms with Crippen LogP contribution in [0.1, 0.15) is 19.4 Å². The van der Waals surface area contributed by atoms with Crippen LogP contribution in [0.4, 0.5) is 8.78 Å². The first-order valence-electron chi connectivity index (χ1n) is 6.50.